The first-order valence-corrected chi connectivity index (χ1v) is 6.31. The number of aliphatic hydroxyl groups is 1. The van der Waals surface area contributed by atoms with Crippen molar-refractivity contribution in [2.75, 3.05) is 13.7 Å². The van der Waals surface area contributed by atoms with Crippen molar-refractivity contribution in [1.29, 1.82) is 0 Å². The number of hydrogen-bond donors (Lipinski definition) is 1. The van der Waals surface area contributed by atoms with Gasteiger partial charge >= 0.3 is 0 Å². The number of hydrogen-bond acceptors (Lipinski definition) is 3. The van der Waals surface area contributed by atoms with E-state index < -0.39 is 6.10 Å². The monoisotopic (exact) mass is 276 g/mol. The normalized spacial score (nSPS) is 12.0. The molecule has 0 heterocycles. The molecule has 2 aromatic carbocycles. The maximum absolute atomic E-state index is 13.4. The van der Waals surface area contributed by atoms with E-state index in [1.807, 2.05) is 0 Å². The first-order valence-electron chi connectivity index (χ1n) is 6.31. The van der Waals surface area contributed by atoms with Crippen molar-refractivity contribution < 1.29 is 19.0 Å². The van der Waals surface area contributed by atoms with Gasteiger partial charge < -0.3 is 14.6 Å². The second kappa shape index (κ2) is 6.39. The third-order valence-electron chi connectivity index (χ3n) is 3.05. The van der Waals surface area contributed by atoms with Crippen LogP contribution < -0.4 is 9.47 Å². The number of halogens is 1. The average Bonchev–Trinajstić information content (AvgIpc) is 2.48. The summed E-state index contributed by atoms with van der Waals surface area (Å²) in [6, 6.07) is 11.7. The SMILES string of the molecule is COc1ccc(C(O)COc2ccc(C)c(F)c2)cc1. The summed E-state index contributed by atoms with van der Waals surface area (Å²) in [6.45, 7) is 1.75. The van der Waals surface area contributed by atoms with Crippen LogP contribution in [0.5, 0.6) is 11.5 Å². The lowest BCUT2D eigenvalue weighted by Gasteiger charge is -2.13. The third-order valence-corrected chi connectivity index (χ3v) is 3.05. The van der Waals surface area contributed by atoms with E-state index in [2.05, 4.69) is 0 Å². The predicted octanol–water partition coefficient (Wildman–Crippen LogP) is 3.26. The molecule has 0 bridgehead atoms. The first kappa shape index (κ1) is 14.3. The van der Waals surface area contributed by atoms with E-state index in [-0.39, 0.29) is 12.4 Å². The van der Waals surface area contributed by atoms with Crippen molar-refractivity contribution in [1.82, 2.24) is 0 Å². The largest absolute Gasteiger partial charge is 0.497 e. The summed E-state index contributed by atoms with van der Waals surface area (Å²) in [7, 11) is 1.58. The van der Waals surface area contributed by atoms with Crippen molar-refractivity contribution in [3.05, 3.63) is 59.4 Å². The third kappa shape index (κ3) is 3.48. The molecule has 0 aromatic heterocycles. The number of benzene rings is 2. The second-order valence-electron chi connectivity index (χ2n) is 4.51. The molecule has 20 heavy (non-hydrogen) atoms. The number of ether oxygens (including phenoxy) is 2. The minimum atomic E-state index is -0.773. The van der Waals surface area contributed by atoms with Crippen LogP contribution >= 0.6 is 0 Å². The average molecular weight is 276 g/mol. The molecular formula is C16H17FO3. The van der Waals surface area contributed by atoms with Crippen LogP contribution in [0.2, 0.25) is 0 Å². The summed E-state index contributed by atoms with van der Waals surface area (Å²) < 4.78 is 23.8. The highest BCUT2D eigenvalue weighted by atomic mass is 19.1. The van der Waals surface area contributed by atoms with Gasteiger partial charge in [0.25, 0.3) is 0 Å². The van der Waals surface area contributed by atoms with Crippen LogP contribution in [-0.2, 0) is 0 Å². The Balaban J connectivity index is 1.96. The van der Waals surface area contributed by atoms with Gasteiger partial charge in [0.15, 0.2) is 0 Å². The molecule has 0 aliphatic carbocycles. The molecule has 1 atom stereocenters. The zero-order valence-electron chi connectivity index (χ0n) is 11.5. The minimum Gasteiger partial charge on any atom is -0.497 e. The minimum absolute atomic E-state index is 0.0643. The molecule has 0 spiro atoms. The smallest absolute Gasteiger partial charge is 0.129 e. The number of aliphatic hydroxyl groups excluding tert-OH is 1. The van der Waals surface area contributed by atoms with Crippen LogP contribution in [0.4, 0.5) is 4.39 Å². The standard InChI is InChI=1S/C16H17FO3/c1-11-3-6-14(9-15(11)17)20-10-16(18)12-4-7-13(19-2)8-5-12/h3-9,16,18H,10H2,1-2H3. The van der Waals surface area contributed by atoms with Gasteiger partial charge in [-0.2, -0.15) is 0 Å². The topological polar surface area (TPSA) is 38.7 Å². The molecule has 0 aliphatic heterocycles. The van der Waals surface area contributed by atoms with E-state index in [4.69, 9.17) is 9.47 Å². The quantitative estimate of drug-likeness (QED) is 0.911. The van der Waals surface area contributed by atoms with E-state index in [0.717, 1.165) is 11.3 Å². The molecule has 1 unspecified atom stereocenters. The summed E-state index contributed by atoms with van der Waals surface area (Å²) in [5, 5.41) is 10.0. The van der Waals surface area contributed by atoms with Crippen LogP contribution in [0.3, 0.4) is 0 Å². The zero-order chi connectivity index (χ0) is 14.5. The van der Waals surface area contributed by atoms with Gasteiger partial charge in [-0.1, -0.05) is 18.2 Å². The molecule has 2 aromatic rings. The van der Waals surface area contributed by atoms with Gasteiger partial charge in [0.05, 0.1) is 7.11 Å². The predicted molar refractivity (Wildman–Crippen MR) is 74.6 cm³/mol. The maximum Gasteiger partial charge on any atom is 0.129 e. The molecule has 0 radical (unpaired) electrons. The van der Waals surface area contributed by atoms with Gasteiger partial charge in [0.2, 0.25) is 0 Å². The Labute approximate surface area is 117 Å². The van der Waals surface area contributed by atoms with E-state index >= 15 is 0 Å². The molecule has 4 heteroatoms. The summed E-state index contributed by atoms with van der Waals surface area (Å²) in [5.74, 6) is 0.810. The fourth-order valence-corrected chi connectivity index (χ4v) is 1.76. The Morgan fingerprint density at radius 1 is 1.10 bits per heavy atom. The van der Waals surface area contributed by atoms with Gasteiger partial charge in [-0.3, -0.25) is 0 Å². The van der Waals surface area contributed by atoms with E-state index in [9.17, 15) is 9.50 Å². The highest BCUT2D eigenvalue weighted by molar-refractivity contribution is 5.30. The van der Waals surface area contributed by atoms with Crippen LogP contribution in [0.15, 0.2) is 42.5 Å². The first-order chi connectivity index (χ1) is 9.60. The lowest BCUT2D eigenvalue weighted by Crippen LogP contribution is -2.09. The van der Waals surface area contributed by atoms with Crippen molar-refractivity contribution in [3.63, 3.8) is 0 Å². The van der Waals surface area contributed by atoms with E-state index in [1.165, 1.54) is 6.07 Å². The summed E-state index contributed by atoms with van der Waals surface area (Å²) in [6.07, 6.45) is -0.773. The Kier molecular flexibility index (Phi) is 4.58. The second-order valence-corrected chi connectivity index (χ2v) is 4.51. The molecule has 0 saturated heterocycles. The molecule has 0 aliphatic rings. The molecule has 106 valence electrons. The van der Waals surface area contributed by atoms with Gasteiger partial charge in [-0.15, -0.1) is 0 Å². The van der Waals surface area contributed by atoms with Crippen molar-refractivity contribution in [2.24, 2.45) is 0 Å². The lowest BCUT2D eigenvalue weighted by atomic mass is 10.1. The fraction of sp³-hybridized carbons (Fsp3) is 0.250. The van der Waals surface area contributed by atoms with Crippen LogP contribution in [0, 0.1) is 12.7 Å². The number of aryl methyl sites for hydroxylation is 1. The Bertz CT molecular complexity index is 566. The highest BCUT2D eigenvalue weighted by Crippen LogP contribution is 2.20. The zero-order valence-corrected chi connectivity index (χ0v) is 11.5. The van der Waals surface area contributed by atoms with Crippen LogP contribution in [0.1, 0.15) is 17.2 Å². The Morgan fingerprint density at radius 2 is 1.75 bits per heavy atom. The van der Waals surface area contributed by atoms with Crippen LogP contribution in [-0.4, -0.2) is 18.8 Å². The molecule has 3 nitrogen and oxygen atoms in total. The van der Waals surface area contributed by atoms with Crippen molar-refractivity contribution in [2.45, 2.75) is 13.0 Å². The molecule has 1 N–H and O–H groups in total. The summed E-state index contributed by atoms with van der Waals surface area (Å²) >= 11 is 0. The summed E-state index contributed by atoms with van der Waals surface area (Å²) in [5.41, 5.74) is 1.28. The van der Waals surface area contributed by atoms with Gasteiger partial charge in [0, 0.05) is 6.07 Å². The number of methoxy groups -OCH3 is 1. The Morgan fingerprint density at radius 3 is 2.35 bits per heavy atom. The molecule has 0 amide bonds. The van der Waals surface area contributed by atoms with Gasteiger partial charge in [-0.05, 0) is 36.2 Å². The number of rotatable bonds is 5. The van der Waals surface area contributed by atoms with Gasteiger partial charge in [0.1, 0.15) is 30.0 Å². The van der Waals surface area contributed by atoms with Crippen molar-refractivity contribution >= 4 is 0 Å². The van der Waals surface area contributed by atoms with E-state index in [0.29, 0.717) is 11.3 Å². The highest BCUT2D eigenvalue weighted by Gasteiger charge is 2.09. The van der Waals surface area contributed by atoms with E-state index in [1.54, 1.807) is 50.4 Å². The molecule has 2 rings (SSSR count). The molecule has 0 saturated carbocycles. The van der Waals surface area contributed by atoms with Crippen LogP contribution in [0.25, 0.3) is 0 Å². The molecular weight excluding hydrogens is 259 g/mol. The van der Waals surface area contributed by atoms with Gasteiger partial charge in [-0.25, -0.2) is 4.39 Å². The van der Waals surface area contributed by atoms with Crippen molar-refractivity contribution in [3.8, 4) is 11.5 Å². The fourth-order valence-electron chi connectivity index (χ4n) is 1.76. The maximum atomic E-state index is 13.4. The molecule has 0 fully saturated rings. The lowest BCUT2D eigenvalue weighted by molar-refractivity contribution is 0.108. The Hall–Kier alpha value is -2.07. The summed E-state index contributed by atoms with van der Waals surface area (Å²) in [4.78, 5) is 0.